The van der Waals surface area contributed by atoms with Gasteiger partial charge in [0.05, 0.1) is 5.41 Å². The third-order valence-corrected chi connectivity index (χ3v) is 3.87. The molecule has 1 aliphatic carbocycles. The molecule has 1 saturated heterocycles. The van der Waals surface area contributed by atoms with Crippen LogP contribution in [0.1, 0.15) is 46.0 Å². The Morgan fingerprint density at radius 1 is 1.40 bits per heavy atom. The zero-order valence-corrected chi connectivity index (χ0v) is 9.86. The van der Waals surface area contributed by atoms with E-state index in [4.69, 9.17) is 0 Å². The summed E-state index contributed by atoms with van der Waals surface area (Å²) in [4.78, 5) is 12.3. The second-order valence-corrected chi connectivity index (χ2v) is 5.47. The molecule has 0 aromatic carbocycles. The minimum atomic E-state index is -0.111. The topological polar surface area (TPSA) is 41.1 Å². The Morgan fingerprint density at radius 2 is 2.13 bits per heavy atom. The van der Waals surface area contributed by atoms with Gasteiger partial charge in [-0.25, -0.2) is 0 Å². The van der Waals surface area contributed by atoms with Crippen LogP contribution in [0.25, 0.3) is 0 Å². The molecule has 0 spiro atoms. The molecule has 86 valence electrons. The first kappa shape index (κ1) is 10.9. The summed E-state index contributed by atoms with van der Waals surface area (Å²) in [6, 6.07) is 0. The molecule has 0 aromatic heterocycles. The molecule has 1 atom stereocenters. The molecular formula is C12H22N2O. The van der Waals surface area contributed by atoms with Crippen molar-refractivity contribution in [3.8, 4) is 0 Å². The van der Waals surface area contributed by atoms with Crippen LogP contribution in [-0.4, -0.2) is 24.5 Å². The van der Waals surface area contributed by atoms with Crippen LogP contribution in [0.15, 0.2) is 0 Å². The van der Waals surface area contributed by atoms with Crippen LogP contribution in [0.4, 0.5) is 0 Å². The number of carbonyl (C=O) groups is 1. The van der Waals surface area contributed by atoms with Gasteiger partial charge in [-0.1, -0.05) is 13.3 Å². The fourth-order valence-electron chi connectivity index (χ4n) is 2.46. The maximum absolute atomic E-state index is 12.3. The van der Waals surface area contributed by atoms with Crippen molar-refractivity contribution >= 4 is 5.91 Å². The molecule has 1 amide bonds. The van der Waals surface area contributed by atoms with E-state index in [9.17, 15) is 4.79 Å². The van der Waals surface area contributed by atoms with Gasteiger partial charge in [0, 0.05) is 12.1 Å². The van der Waals surface area contributed by atoms with Crippen LogP contribution in [0.2, 0.25) is 0 Å². The Morgan fingerprint density at radius 3 is 2.60 bits per heavy atom. The van der Waals surface area contributed by atoms with Crippen molar-refractivity contribution < 1.29 is 4.79 Å². The monoisotopic (exact) mass is 210 g/mol. The Hall–Kier alpha value is -0.570. The fraction of sp³-hybridized carbons (Fsp3) is 0.917. The number of carbonyl (C=O) groups excluding carboxylic acids is 1. The molecule has 2 N–H and O–H groups in total. The van der Waals surface area contributed by atoms with Crippen molar-refractivity contribution in [1.29, 1.82) is 0 Å². The van der Waals surface area contributed by atoms with Crippen molar-refractivity contribution in [3.05, 3.63) is 0 Å². The van der Waals surface area contributed by atoms with Gasteiger partial charge in [-0.3, -0.25) is 4.79 Å². The molecule has 2 aliphatic rings. The van der Waals surface area contributed by atoms with Crippen LogP contribution in [0, 0.1) is 5.41 Å². The van der Waals surface area contributed by atoms with E-state index in [-0.39, 0.29) is 16.9 Å². The molecule has 1 heterocycles. The van der Waals surface area contributed by atoms with Crippen molar-refractivity contribution in [1.82, 2.24) is 10.6 Å². The minimum absolute atomic E-state index is 0.111. The van der Waals surface area contributed by atoms with E-state index >= 15 is 0 Å². The van der Waals surface area contributed by atoms with Gasteiger partial charge < -0.3 is 10.6 Å². The van der Waals surface area contributed by atoms with Gasteiger partial charge in [-0.2, -0.15) is 0 Å². The number of amides is 1. The van der Waals surface area contributed by atoms with E-state index in [0.29, 0.717) is 0 Å². The summed E-state index contributed by atoms with van der Waals surface area (Å²) in [6.45, 7) is 6.16. The highest BCUT2D eigenvalue weighted by Crippen LogP contribution is 2.38. The number of hydrogen-bond acceptors (Lipinski definition) is 2. The first-order valence-corrected chi connectivity index (χ1v) is 6.14. The highest BCUT2D eigenvalue weighted by Gasteiger charge is 2.46. The Balaban J connectivity index is 2.00. The van der Waals surface area contributed by atoms with Gasteiger partial charge in [0.15, 0.2) is 0 Å². The van der Waals surface area contributed by atoms with Gasteiger partial charge in [0.25, 0.3) is 0 Å². The maximum atomic E-state index is 12.3. The van der Waals surface area contributed by atoms with Crippen molar-refractivity contribution in [2.75, 3.05) is 13.1 Å². The predicted molar refractivity (Wildman–Crippen MR) is 60.6 cm³/mol. The molecule has 0 radical (unpaired) electrons. The van der Waals surface area contributed by atoms with E-state index in [2.05, 4.69) is 24.5 Å². The molecule has 0 bridgehead atoms. The Labute approximate surface area is 92.0 Å². The third-order valence-electron chi connectivity index (χ3n) is 3.87. The van der Waals surface area contributed by atoms with Gasteiger partial charge in [-0.05, 0) is 39.2 Å². The van der Waals surface area contributed by atoms with E-state index < -0.39 is 0 Å². The summed E-state index contributed by atoms with van der Waals surface area (Å²) in [6.07, 6.45) is 5.40. The van der Waals surface area contributed by atoms with E-state index in [1.165, 1.54) is 0 Å². The summed E-state index contributed by atoms with van der Waals surface area (Å²) < 4.78 is 0. The van der Waals surface area contributed by atoms with Crippen LogP contribution < -0.4 is 10.6 Å². The highest BCUT2D eigenvalue weighted by molar-refractivity contribution is 5.84. The summed E-state index contributed by atoms with van der Waals surface area (Å²) >= 11 is 0. The molecule has 0 aromatic rings. The van der Waals surface area contributed by atoms with Crippen LogP contribution in [-0.2, 0) is 4.79 Å². The smallest absolute Gasteiger partial charge is 0.227 e. The van der Waals surface area contributed by atoms with E-state index in [1.54, 1.807) is 0 Å². The van der Waals surface area contributed by atoms with Gasteiger partial charge in [0.2, 0.25) is 5.91 Å². The lowest BCUT2D eigenvalue weighted by Crippen LogP contribution is -2.46. The van der Waals surface area contributed by atoms with Crippen LogP contribution in [0.5, 0.6) is 0 Å². The summed E-state index contributed by atoms with van der Waals surface area (Å²) in [7, 11) is 0. The number of nitrogens with one attached hydrogen (secondary N) is 2. The van der Waals surface area contributed by atoms with Crippen molar-refractivity contribution in [2.24, 2.45) is 5.41 Å². The number of hydrogen-bond donors (Lipinski definition) is 2. The van der Waals surface area contributed by atoms with Gasteiger partial charge in [-0.15, -0.1) is 0 Å². The van der Waals surface area contributed by atoms with Crippen molar-refractivity contribution in [2.45, 2.75) is 51.5 Å². The molecule has 2 rings (SSSR count). The standard InChI is InChI=1S/C12H22N2O/c1-3-4-12(7-8-13-9-12)10(15)14-11(2)5-6-11/h13H,3-9H2,1-2H3,(H,14,15). The predicted octanol–water partition coefficient (Wildman–Crippen LogP) is 1.43. The zero-order valence-electron chi connectivity index (χ0n) is 9.86. The largest absolute Gasteiger partial charge is 0.350 e. The van der Waals surface area contributed by atoms with E-state index in [1.807, 2.05) is 0 Å². The quantitative estimate of drug-likeness (QED) is 0.737. The maximum Gasteiger partial charge on any atom is 0.227 e. The molecule has 1 saturated carbocycles. The molecule has 1 aliphatic heterocycles. The fourth-order valence-corrected chi connectivity index (χ4v) is 2.46. The summed E-state index contributed by atoms with van der Waals surface area (Å²) in [5.74, 6) is 0.286. The Kier molecular flexibility index (Phi) is 2.75. The average Bonchev–Trinajstić information content (AvgIpc) is 2.74. The van der Waals surface area contributed by atoms with Crippen LogP contribution in [0.3, 0.4) is 0 Å². The summed E-state index contributed by atoms with van der Waals surface area (Å²) in [5.41, 5.74) is 0.0146. The lowest BCUT2D eigenvalue weighted by atomic mass is 9.81. The number of rotatable bonds is 4. The average molecular weight is 210 g/mol. The Bertz CT molecular complexity index is 252. The lowest BCUT2D eigenvalue weighted by Gasteiger charge is -2.28. The molecule has 2 fully saturated rings. The highest BCUT2D eigenvalue weighted by atomic mass is 16.2. The van der Waals surface area contributed by atoms with Gasteiger partial charge >= 0.3 is 0 Å². The normalized spacial score (nSPS) is 32.7. The second kappa shape index (κ2) is 3.78. The van der Waals surface area contributed by atoms with Crippen LogP contribution >= 0.6 is 0 Å². The SMILES string of the molecule is CCCC1(C(=O)NC2(C)CC2)CCNC1. The molecule has 15 heavy (non-hydrogen) atoms. The lowest BCUT2D eigenvalue weighted by molar-refractivity contribution is -0.131. The molecule has 3 heteroatoms. The summed E-state index contributed by atoms with van der Waals surface area (Å²) in [5, 5.41) is 6.54. The first-order chi connectivity index (χ1) is 7.10. The molecular weight excluding hydrogens is 188 g/mol. The first-order valence-electron chi connectivity index (χ1n) is 6.14. The minimum Gasteiger partial charge on any atom is -0.350 e. The van der Waals surface area contributed by atoms with Gasteiger partial charge in [0.1, 0.15) is 0 Å². The van der Waals surface area contributed by atoms with E-state index in [0.717, 1.165) is 45.2 Å². The molecule has 1 unspecified atom stereocenters. The molecule has 3 nitrogen and oxygen atoms in total. The zero-order chi connectivity index (χ0) is 10.9. The van der Waals surface area contributed by atoms with Crippen molar-refractivity contribution in [3.63, 3.8) is 0 Å². The third kappa shape index (κ3) is 2.17. The second-order valence-electron chi connectivity index (χ2n) is 5.47.